The molecule has 0 aromatic carbocycles. The van der Waals surface area contributed by atoms with Gasteiger partial charge in [-0.3, -0.25) is 4.98 Å². The van der Waals surface area contributed by atoms with Crippen LogP contribution in [0.15, 0.2) is 24.5 Å². The molecule has 1 aromatic rings. The number of rotatable bonds is 3. The fraction of sp³-hybridized carbons (Fsp3) is 0.615. The molecule has 1 aliphatic carbocycles. The maximum absolute atomic E-state index is 9.61. The highest BCUT2D eigenvalue weighted by Crippen LogP contribution is 2.57. The lowest BCUT2D eigenvalue weighted by Crippen LogP contribution is -2.65. The Bertz CT molecular complexity index is 365. The van der Waals surface area contributed by atoms with E-state index < -0.39 is 0 Å². The topological polar surface area (TPSA) is 45.2 Å². The number of hydrogen-bond acceptors (Lipinski definition) is 3. The molecule has 2 heterocycles. The molecule has 0 amide bonds. The Labute approximate surface area is 95.9 Å². The Morgan fingerprint density at radius 3 is 2.69 bits per heavy atom. The highest BCUT2D eigenvalue weighted by Gasteiger charge is 2.56. The van der Waals surface area contributed by atoms with E-state index in [1.165, 1.54) is 18.4 Å². The summed E-state index contributed by atoms with van der Waals surface area (Å²) in [4.78, 5) is 4.14. The number of aliphatic hydroxyl groups is 1. The van der Waals surface area contributed by atoms with Crippen molar-refractivity contribution in [1.82, 2.24) is 10.3 Å². The molecule has 3 heteroatoms. The largest absolute Gasteiger partial charge is 0.396 e. The van der Waals surface area contributed by atoms with E-state index in [0.29, 0.717) is 12.0 Å². The third-order valence-electron chi connectivity index (χ3n) is 4.14. The second kappa shape index (κ2) is 3.54. The van der Waals surface area contributed by atoms with E-state index in [2.05, 4.69) is 16.4 Å². The van der Waals surface area contributed by atoms with Gasteiger partial charge >= 0.3 is 0 Å². The summed E-state index contributed by atoms with van der Waals surface area (Å²) in [5, 5.41) is 12.9. The molecule has 2 aliphatic rings. The van der Waals surface area contributed by atoms with Crippen molar-refractivity contribution in [1.29, 1.82) is 0 Å². The lowest BCUT2D eigenvalue weighted by molar-refractivity contribution is -0.104. The minimum atomic E-state index is 0.130. The van der Waals surface area contributed by atoms with Crippen molar-refractivity contribution in [3.05, 3.63) is 30.1 Å². The average molecular weight is 218 g/mol. The molecule has 0 atom stereocenters. The summed E-state index contributed by atoms with van der Waals surface area (Å²) in [5.74, 6) is 0. The molecule has 3 rings (SSSR count). The molecule has 0 unspecified atom stereocenters. The van der Waals surface area contributed by atoms with E-state index >= 15 is 0 Å². The molecule has 1 aromatic heterocycles. The highest BCUT2D eigenvalue weighted by molar-refractivity contribution is 5.17. The van der Waals surface area contributed by atoms with E-state index in [-0.39, 0.29) is 5.41 Å². The zero-order chi connectivity index (χ0) is 11.1. The summed E-state index contributed by atoms with van der Waals surface area (Å²) in [7, 11) is 0. The molecule has 2 N–H and O–H groups in total. The molecule has 3 nitrogen and oxygen atoms in total. The van der Waals surface area contributed by atoms with Gasteiger partial charge in [0, 0.05) is 32.1 Å². The Morgan fingerprint density at radius 2 is 2.19 bits per heavy atom. The van der Waals surface area contributed by atoms with Gasteiger partial charge in [-0.2, -0.15) is 0 Å². The second-order valence-corrected chi connectivity index (χ2v) is 5.65. The first kappa shape index (κ1) is 10.2. The van der Waals surface area contributed by atoms with Crippen molar-refractivity contribution >= 4 is 0 Å². The predicted molar refractivity (Wildman–Crippen MR) is 62.0 cm³/mol. The van der Waals surface area contributed by atoms with Crippen LogP contribution in [-0.4, -0.2) is 29.8 Å². The third-order valence-corrected chi connectivity index (χ3v) is 4.14. The third kappa shape index (κ3) is 1.55. The molecule has 2 fully saturated rings. The van der Waals surface area contributed by atoms with Crippen LogP contribution in [0.4, 0.5) is 0 Å². The van der Waals surface area contributed by atoms with Gasteiger partial charge < -0.3 is 10.4 Å². The van der Waals surface area contributed by atoms with Crippen molar-refractivity contribution in [2.45, 2.75) is 19.3 Å². The molecule has 1 saturated heterocycles. The Morgan fingerprint density at radius 1 is 1.38 bits per heavy atom. The van der Waals surface area contributed by atoms with Crippen LogP contribution in [0.2, 0.25) is 0 Å². The standard InChI is InChI=1S/C13H18N2O/c16-10-12(4-11-2-1-3-14-5-11)6-13(7-12)8-15-9-13/h1-3,5,15-16H,4,6-10H2. The second-order valence-electron chi connectivity index (χ2n) is 5.65. The zero-order valence-electron chi connectivity index (χ0n) is 9.45. The molecular weight excluding hydrogens is 200 g/mol. The molecule has 16 heavy (non-hydrogen) atoms. The molecule has 1 spiro atoms. The molecule has 0 bridgehead atoms. The molecule has 1 aliphatic heterocycles. The summed E-state index contributed by atoms with van der Waals surface area (Å²) < 4.78 is 0. The van der Waals surface area contributed by atoms with Crippen LogP contribution in [0, 0.1) is 10.8 Å². The number of pyridine rings is 1. The number of aromatic nitrogens is 1. The van der Waals surface area contributed by atoms with Gasteiger partial charge in [0.15, 0.2) is 0 Å². The minimum Gasteiger partial charge on any atom is -0.396 e. The average Bonchev–Trinajstić information content (AvgIpc) is 2.22. The van der Waals surface area contributed by atoms with Gasteiger partial charge in [0.2, 0.25) is 0 Å². The zero-order valence-corrected chi connectivity index (χ0v) is 9.45. The summed E-state index contributed by atoms with van der Waals surface area (Å²) in [6.07, 6.45) is 7.02. The van der Waals surface area contributed by atoms with Gasteiger partial charge in [-0.1, -0.05) is 6.07 Å². The van der Waals surface area contributed by atoms with E-state index in [4.69, 9.17) is 0 Å². The molecule has 1 saturated carbocycles. The maximum Gasteiger partial charge on any atom is 0.0491 e. The summed E-state index contributed by atoms with van der Waals surface area (Å²) in [6.45, 7) is 2.59. The first-order valence-electron chi connectivity index (χ1n) is 5.97. The van der Waals surface area contributed by atoms with Crippen LogP contribution in [0.25, 0.3) is 0 Å². The van der Waals surface area contributed by atoms with Crippen LogP contribution in [0.5, 0.6) is 0 Å². The smallest absolute Gasteiger partial charge is 0.0491 e. The Balaban J connectivity index is 1.69. The van der Waals surface area contributed by atoms with Gasteiger partial charge in [0.1, 0.15) is 0 Å². The van der Waals surface area contributed by atoms with Crippen LogP contribution in [0.3, 0.4) is 0 Å². The first-order valence-corrected chi connectivity index (χ1v) is 5.97. The van der Waals surface area contributed by atoms with Crippen LogP contribution < -0.4 is 5.32 Å². The Hall–Kier alpha value is -0.930. The molecule has 0 radical (unpaired) electrons. The fourth-order valence-corrected chi connectivity index (χ4v) is 3.50. The van der Waals surface area contributed by atoms with E-state index in [1.807, 2.05) is 12.3 Å². The van der Waals surface area contributed by atoms with Gasteiger partial charge in [0.25, 0.3) is 0 Å². The number of hydrogen-bond donors (Lipinski definition) is 2. The summed E-state index contributed by atoms with van der Waals surface area (Å²) >= 11 is 0. The molecule has 86 valence electrons. The van der Waals surface area contributed by atoms with Crippen LogP contribution in [0.1, 0.15) is 18.4 Å². The number of nitrogens with one attached hydrogen (secondary N) is 1. The van der Waals surface area contributed by atoms with Crippen LogP contribution in [-0.2, 0) is 6.42 Å². The molecular formula is C13H18N2O. The Kier molecular flexibility index (Phi) is 2.26. The van der Waals surface area contributed by atoms with Gasteiger partial charge in [0.05, 0.1) is 0 Å². The van der Waals surface area contributed by atoms with Gasteiger partial charge in [-0.25, -0.2) is 0 Å². The quantitative estimate of drug-likeness (QED) is 0.795. The first-order chi connectivity index (χ1) is 7.76. The van der Waals surface area contributed by atoms with E-state index in [1.54, 1.807) is 6.20 Å². The summed E-state index contributed by atoms with van der Waals surface area (Å²) in [6, 6.07) is 4.08. The highest BCUT2D eigenvalue weighted by atomic mass is 16.3. The number of aliphatic hydroxyl groups excluding tert-OH is 1. The van der Waals surface area contributed by atoms with E-state index in [0.717, 1.165) is 19.5 Å². The number of nitrogens with zero attached hydrogens (tertiary/aromatic N) is 1. The van der Waals surface area contributed by atoms with Crippen LogP contribution >= 0.6 is 0 Å². The minimum absolute atomic E-state index is 0.130. The summed E-state index contributed by atoms with van der Waals surface area (Å²) in [5.41, 5.74) is 1.90. The van der Waals surface area contributed by atoms with Crippen molar-refractivity contribution in [3.63, 3.8) is 0 Å². The fourth-order valence-electron chi connectivity index (χ4n) is 3.50. The normalized spacial score (nSPS) is 24.8. The van der Waals surface area contributed by atoms with Crippen molar-refractivity contribution in [2.75, 3.05) is 19.7 Å². The van der Waals surface area contributed by atoms with Crippen molar-refractivity contribution in [3.8, 4) is 0 Å². The lowest BCUT2D eigenvalue weighted by Gasteiger charge is -2.61. The predicted octanol–water partition coefficient (Wildman–Crippen LogP) is 0.986. The maximum atomic E-state index is 9.61. The SMILES string of the molecule is OCC1(Cc2cccnc2)CC2(CNC2)C1. The lowest BCUT2D eigenvalue weighted by atomic mass is 9.49. The van der Waals surface area contributed by atoms with E-state index in [9.17, 15) is 5.11 Å². The monoisotopic (exact) mass is 218 g/mol. The van der Waals surface area contributed by atoms with Crippen molar-refractivity contribution in [2.24, 2.45) is 10.8 Å². The van der Waals surface area contributed by atoms with Gasteiger partial charge in [-0.05, 0) is 41.7 Å². The van der Waals surface area contributed by atoms with Crippen molar-refractivity contribution < 1.29 is 5.11 Å². The van der Waals surface area contributed by atoms with Gasteiger partial charge in [-0.15, -0.1) is 0 Å².